The van der Waals surface area contributed by atoms with E-state index in [0.717, 1.165) is 12.0 Å². The molecule has 0 spiro atoms. The molecule has 1 aliphatic carbocycles. The van der Waals surface area contributed by atoms with Gasteiger partial charge in [0.1, 0.15) is 0 Å². The first kappa shape index (κ1) is 13.0. The van der Waals surface area contributed by atoms with Crippen LogP contribution in [0.5, 0.6) is 0 Å². The Morgan fingerprint density at radius 3 is 2.20 bits per heavy atom. The van der Waals surface area contributed by atoms with Crippen LogP contribution in [0.4, 0.5) is 0 Å². The van der Waals surface area contributed by atoms with Gasteiger partial charge in [0.25, 0.3) is 0 Å². The maximum atomic E-state index is 5.38. The average Bonchev–Trinajstić information content (AvgIpc) is 2.31. The summed E-state index contributed by atoms with van der Waals surface area (Å²) in [5.41, 5.74) is 0. The molecule has 1 rings (SSSR count). The van der Waals surface area contributed by atoms with E-state index >= 15 is 0 Å². The molecule has 0 bridgehead atoms. The second-order valence-corrected chi connectivity index (χ2v) is 4.80. The van der Waals surface area contributed by atoms with Gasteiger partial charge in [0.05, 0.1) is 6.10 Å². The lowest BCUT2D eigenvalue weighted by atomic mass is 9.92. The van der Waals surface area contributed by atoms with Crippen molar-refractivity contribution >= 4 is 0 Å². The summed E-state index contributed by atoms with van der Waals surface area (Å²) in [6.45, 7) is 5.78. The molecule has 2 heteroatoms. The number of rotatable bonds is 6. The molecule has 0 aromatic rings. The Labute approximate surface area is 94.8 Å². The maximum Gasteiger partial charge on any atom is 0.0572 e. The van der Waals surface area contributed by atoms with Crippen molar-refractivity contribution in [2.75, 3.05) is 13.7 Å². The zero-order valence-corrected chi connectivity index (χ0v) is 10.6. The van der Waals surface area contributed by atoms with Crippen molar-refractivity contribution in [2.24, 2.45) is 5.92 Å². The Bertz CT molecular complexity index is 149. The van der Waals surface area contributed by atoms with Crippen LogP contribution in [0.1, 0.15) is 52.4 Å². The van der Waals surface area contributed by atoms with Gasteiger partial charge >= 0.3 is 0 Å². The van der Waals surface area contributed by atoms with Crippen LogP contribution < -0.4 is 5.32 Å². The molecule has 1 saturated carbocycles. The van der Waals surface area contributed by atoms with E-state index in [2.05, 4.69) is 19.2 Å². The fourth-order valence-corrected chi connectivity index (χ4v) is 2.41. The molecule has 0 unspecified atom stereocenters. The molecule has 0 radical (unpaired) electrons. The molecule has 1 N–H and O–H groups in total. The Morgan fingerprint density at radius 1 is 1.13 bits per heavy atom. The number of nitrogens with one attached hydrogen (secondary N) is 1. The van der Waals surface area contributed by atoms with E-state index in [1.54, 1.807) is 0 Å². The van der Waals surface area contributed by atoms with E-state index in [9.17, 15) is 0 Å². The lowest BCUT2D eigenvalue weighted by Crippen LogP contribution is -2.37. The van der Waals surface area contributed by atoms with E-state index in [1.165, 1.54) is 45.1 Å². The molecular weight excluding hydrogens is 186 g/mol. The molecule has 0 aliphatic heterocycles. The largest absolute Gasteiger partial charge is 0.381 e. The Balaban J connectivity index is 2.12. The zero-order chi connectivity index (χ0) is 11.1. The highest BCUT2D eigenvalue weighted by Crippen LogP contribution is 2.21. The van der Waals surface area contributed by atoms with Crippen molar-refractivity contribution in [2.45, 2.75) is 64.5 Å². The average molecular weight is 213 g/mol. The van der Waals surface area contributed by atoms with Crippen LogP contribution in [0, 0.1) is 5.92 Å². The summed E-state index contributed by atoms with van der Waals surface area (Å²) in [5, 5.41) is 3.71. The van der Waals surface area contributed by atoms with Crippen molar-refractivity contribution in [3.8, 4) is 0 Å². The van der Waals surface area contributed by atoms with E-state index < -0.39 is 0 Å². The van der Waals surface area contributed by atoms with Crippen LogP contribution in [0.3, 0.4) is 0 Å². The van der Waals surface area contributed by atoms with Gasteiger partial charge < -0.3 is 10.1 Å². The Kier molecular flexibility index (Phi) is 6.26. The molecule has 15 heavy (non-hydrogen) atoms. The summed E-state index contributed by atoms with van der Waals surface area (Å²) in [4.78, 5) is 0. The monoisotopic (exact) mass is 213 g/mol. The molecular formula is C13H27NO. The van der Waals surface area contributed by atoms with Crippen LogP contribution in [0.2, 0.25) is 0 Å². The van der Waals surface area contributed by atoms with Crippen LogP contribution in [-0.2, 0) is 4.74 Å². The number of methoxy groups -OCH3 is 1. The number of ether oxygens (including phenoxy) is 1. The van der Waals surface area contributed by atoms with Gasteiger partial charge in [-0.3, -0.25) is 0 Å². The molecule has 0 heterocycles. The van der Waals surface area contributed by atoms with Gasteiger partial charge in [-0.05, 0) is 38.1 Å². The first-order valence-corrected chi connectivity index (χ1v) is 6.56. The standard InChI is InChI=1S/C13H27NO/c1-4-11(5-2)10-14-12-6-8-13(15-3)9-7-12/h11-14H,4-10H2,1-3H3. The third-order valence-electron chi connectivity index (χ3n) is 3.86. The molecule has 0 aromatic carbocycles. The fraction of sp³-hybridized carbons (Fsp3) is 1.00. The highest BCUT2D eigenvalue weighted by Gasteiger charge is 2.20. The summed E-state index contributed by atoms with van der Waals surface area (Å²) >= 11 is 0. The summed E-state index contributed by atoms with van der Waals surface area (Å²) in [7, 11) is 1.84. The topological polar surface area (TPSA) is 21.3 Å². The van der Waals surface area contributed by atoms with E-state index in [4.69, 9.17) is 4.74 Å². The molecule has 1 fully saturated rings. The SMILES string of the molecule is CCC(CC)CNC1CCC(OC)CC1. The van der Waals surface area contributed by atoms with E-state index in [-0.39, 0.29) is 0 Å². The third-order valence-corrected chi connectivity index (χ3v) is 3.86. The molecule has 0 amide bonds. The summed E-state index contributed by atoms with van der Waals surface area (Å²) in [5.74, 6) is 0.866. The molecule has 0 atom stereocenters. The predicted molar refractivity (Wildman–Crippen MR) is 65.1 cm³/mol. The Morgan fingerprint density at radius 2 is 1.73 bits per heavy atom. The van der Waals surface area contributed by atoms with Crippen LogP contribution in [0.15, 0.2) is 0 Å². The second-order valence-electron chi connectivity index (χ2n) is 4.80. The predicted octanol–water partition coefficient (Wildman–Crippen LogP) is 2.97. The molecule has 0 saturated heterocycles. The summed E-state index contributed by atoms with van der Waals surface area (Å²) in [6, 6.07) is 0.747. The minimum Gasteiger partial charge on any atom is -0.381 e. The first-order valence-electron chi connectivity index (χ1n) is 6.56. The molecule has 2 nitrogen and oxygen atoms in total. The van der Waals surface area contributed by atoms with Crippen LogP contribution in [-0.4, -0.2) is 25.8 Å². The summed E-state index contributed by atoms with van der Waals surface area (Å²) in [6.07, 6.45) is 8.18. The van der Waals surface area contributed by atoms with Crippen molar-refractivity contribution in [1.29, 1.82) is 0 Å². The van der Waals surface area contributed by atoms with Gasteiger partial charge in [0, 0.05) is 13.2 Å². The van der Waals surface area contributed by atoms with Gasteiger partial charge in [-0.15, -0.1) is 0 Å². The lowest BCUT2D eigenvalue weighted by molar-refractivity contribution is 0.0620. The van der Waals surface area contributed by atoms with Crippen LogP contribution in [0.25, 0.3) is 0 Å². The second kappa shape index (κ2) is 7.24. The Hall–Kier alpha value is -0.0800. The normalized spacial score (nSPS) is 27.2. The van der Waals surface area contributed by atoms with Gasteiger partial charge in [-0.25, -0.2) is 0 Å². The number of hydrogen-bond donors (Lipinski definition) is 1. The highest BCUT2D eigenvalue weighted by atomic mass is 16.5. The highest BCUT2D eigenvalue weighted by molar-refractivity contribution is 4.78. The molecule has 0 aromatic heterocycles. The number of hydrogen-bond acceptors (Lipinski definition) is 2. The lowest BCUT2D eigenvalue weighted by Gasteiger charge is -2.29. The van der Waals surface area contributed by atoms with Crippen molar-refractivity contribution in [1.82, 2.24) is 5.32 Å². The van der Waals surface area contributed by atoms with Crippen molar-refractivity contribution in [3.05, 3.63) is 0 Å². The quantitative estimate of drug-likeness (QED) is 0.732. The van der Waals surface area contributed by atoms with Gasteiger partial charge in [0.2, 0.25) is 0 Å². The van der Waals surface area contributed by atoms with Crippen LogP contribution >= 0.6 is 0 Å². The van der Waals surface area contributed by atoms with Gasteiger partial charge in [-0.2, -0.15) is 0 Å². The molecule has 90 valence electrons. The summed E-state index contributed by atoms with van der Waals surface area (Å²) < 4.78 is 5.38. The van der Waals surface area contributed by atoms with Gasteiger partial charge in [0.15, 0.2) is 0 Å². The minimum atomic E-state index is 0.524. The first-order chi connectivity index (χ1) is 7.30. The van der Waals surface area contributed by atoms with Gasteiger partial charge in [-0.1, -0.05) is 26.7 Å². The third kappa shape index (κ3) is 4.52. The molecule has 1 aliphatic rings. The minimum absolute atomic E-state index is 0.524. The van der Waals surface area contributed by atoms with E-state index in [1.807, 2.05) is 7.11 Å². The van der Waals surface area contributed by atoms with Crippen molar-refractivity contribution in [3.63, 3.8) is 0 Å². The zero-order valence-electron chi connectivity index (χ0n) is 10.6. The maximum absolute atomic E-state index is 5.38. The fourth-order valence-electron chi connectivity index (χ4n) is 2.41. The van der Waals surface area contributed by atoms with Crippen molar-refractivity contribution < 1.29 is 4.74 Å². The van der Waals surface area contributed by atoms with E-state index in [0.29, 0.717) is 6.10 Å². The smallest absolute Gasteiger partial charge is 0.0572 e.